The predicted molar refractivity (Wildman–Crippen MR) is 95.0 cm³/mol. The standard InChI is InChI=1S/C19H24N4O/c24-19(23-16-10-4-5-11-16)17-13-22-18(14-21-17)20-12-6-9-15-7-2-1-3-8-15/h1-3,7-8,13-14,16H,4-6,9-12H2,(H,20,22)(H,23,24). The highest BCUT2D eigenvalue weighted by atomic mass is 16.1. The average Bonchev–Trinajstić information content (AvgIpc) is 3.13. The molecule has 24 heavy (non-hydrogen) atoms. The second-order valence-corrected chi connectivity index (χ2v) is 6.26. The number of hydrogen-bond donors (Lipinski definition) is 2. The summed E-state index contributed by atoms with van der Waals surface area (Å²) in [6.45, 7) is 0.831. The maximum absolute atomic E-state index is 12.1. The summed E-state index contributed by atoms with van der Waals surface area (Å²) >= 11 is 0. The summed E-state index contributed by atoms with van der Waals surface area (Å²) in [5, 5.41) is 6.27. The van der Waals surface area contributed by atoms with E-state index >= 15 is 0 Å². The Hall–Kier alpha value is -2.43. The minimum Gasteiger partial charge on any atom is -0.369 e. The topological polar surface area (TPSA) is 66.9 Å². The maximum Gasteiger partial charge on any atom is 0.271 e. The van der Waals surface area contributed by atoms with Gasteiger partial charge in [-0.2, -0.15) is 0 Å². The fourth-order valence-electron chi connectivity index (χ4n) is 3.02. The Balaban J connectivity index is 1.41. The zero-order valence-electron chi connectivity index (χ0n) is 13.9. The van der Waals surface area contributed by atoms with E-state index in [2.05, 4.69) is 44.9 Å². The van der Waals surface area contributed by atoms with E-state index in [0.717, 1.165) is 32.2 Å². The third-order valence-corrected chi connectivity index (χ3v) is 4.37. The Kier molecular flexibility index (Phi) is 5.77. The van der Waals surface area contributed by atoms with Crippen LogP contribution in [0.3, 0.4) is 0 Å². The van der Waals surface area contributed by atoms with Gasteiger partial charge in [-0.05, 0) is 31.2 Å². The summed E-state index contributed by atoms with van der Waals surface area (Å²) in [5.74, 6) is 0.588. The summed E-state index contributed by atoms with van der Waals surface area (Å²) in [6, 6.07) is 10.7. The van der Waals surface area contributed by atoms with Crippen LogP contribution in [-0.4, -0.2) is 28.5 Å². The second-order valence-electron chi connectivity index (χ2n) is 6.26. The first-order valence-corrected chi connectivity index (χ1v) is 8.72. The van der Waals surface area contributed by atoms with E-state index in [4.69, 9.17) is 0 Å². The predicted octanol–water partition coefficient (Wildman–Crippen LogP) is 3.19. The molecule has 0 saturated heterocycles. The number of aryl methyl sites for hydroxylation is 1. The van der Waals surface area contributed by atoms with Crippen LogP contribution in [0.25, 0.3) is 0 Å². The summed E-state index contributed by atoms with van der Waals surface area (Å²) in [5.41, 5.74) is 1.72. The third-order valence-electron chi connectivity index (χ3n) is 4.37. The highest BCUT2D eigenvalue weighted by molar-refractivity contribution is 5.92. The van der Waals surface area contributed by atoms with Crippen LogP contribution in [-0.2, 0) is 6.42 Å². The van der Waals surface area contributed by atoms with Crippen LogP contribution in [0, 0.1) is 0 Å². The van der Waals surface area contributed by atoms with Crippen LogP contribution < -0.4 is 10.6 Å². The third kappa shape index (κ3) is 4.78. The zero-order chi connectivity index (χ0) is 16.6. The van der Waals surface area contributed by atoms with Gasteiger partial charge in [-0.25, -0.2) is 9.97 Å². The van der Waals surface area contributed by atoms with Gasteiger partial charge in [0.25, 0.3) is 5.91 Å². The largest absolute Gasteiger partial charge is 0.369 e. The van der Waals surface area contributed by atoms with E-state index in [1.165, 1.54) is 18.4 Å². The van der Waals surface area contributed by atoms with Crippen LogP contribution in [0.15, 0.2) is 42.7 Å². The lowest BCUT2D eigenvalue weighted by Crippen LogP contribution is -2.33. The molecule has 0 radical (unpaired) electrons. The van der Waals surface area contributed by atoms with Gasteiger partial charge in [0, 0.05) is 12.6 Å². The van der Waals surface area contributed by atoms with Crippen LogP contribution in [0.4, 0.5) is 5.82 Å². The number of carbonyl (C=O) groups is 1. The monoisotopic (exact) mass is 324 g/mol. The van der Waals surface area contributed by atoms with Crippen molar-refractivity contribution in [2.45, 2.75) is 44.6 Å². The lowest BCUT2D eigenvalue weighted by molar-refractivity contribution is 0.0932. The number of nitrogens with zero attached hydrogens (tertiary/aromatic N) is 2. The van der Waals surface area contributed by atoms with E-state index in [0.29, 0.717) is 17.6 Å². The molecule has 0 unspecified atom stereocenters. The highest BCUT2D eigenvalue weighted by Gasteiger charge is 2.18. The molecule has 1 aliphatic rings. The summed E-state index contributed by atoms with van der Waals surface area (Å²) in [7, 11) is 0. The molecule has 1 heterocycles. The van der Waals surface area contributed by atoms with Crippen molar-refractivity contribution >= 4 is 11.7 Å². The molecular weight excluding hydrogens is 300 g/mol. The van der Waals surface area contributed by atoms with Crippen molar-refractivity contribution in [3.63, 3.8) is 0 Å². The average molecular weight is 324 g/mol. The van der Waals surface area contributed by atoms with Gasteiger partial charge in [0.05, 0.1) is 12.4 Å². The molecule has 2 N–H and O–H groups in total. The SMILES string of the molecule is O=C(NC1CCCC1)c1cnc(NCCCc2ccccc2)cn1. The highest BCUT2D eigenvalue weighted by Crippen LogP contribution is 2.17. The molecule has 0 spiro atoms. The zero-order valence-corrected chi connectivity index (χ0v) is 13.9. The van der Waals surface area contributed by atoms with Crippen molar-refractivity contribution < 1.29 is 4.79 Å². The van der Waals surface area contributed by atoms with E-state index in [1.54, 1.807) is 12.4 Å². The molecule has 1 amide bonds. The fraction of sp³-hybridized carbons (Fsp3) is 0.421. The molecule has 1 aliphatic carbocycles. The molecule has 1 aromatic carbocycles. The molecule has 2 aromatic rings. The Bertz CT molecular complexity index is 636. The maximum atomic E-state index is 12.1. The molecule has 1 saturated carbocycles. The van der Waals surface area contributed by atoms with Gasteiger partial charge < -0.3 is 10.6 Å². The van der Waals surface area contributed by atoms with Crippen LogP contribution in [0.5, 0.6) is 0 Å². The normalized spacial score (nSPS) is 14.5. The Labute approximate surface area is 142 Å². The van der Waals surface area contributed by atoms with Crippen molar-refractivity contribution in [3.8, 4) is 0 Å². The van der Waals surface area contributed by atoms with E-state index in [-0.39, 0.29) is 5.91 Å². The van der Waals surface area contributed by atoms with Gasteiger partial charge in [-0.1, -0.05) is 43.2 Å². The van der Waals surface area contributed by atoms with Crippen molar-refractivity contribution in [2.24, 2.45) is 0 Å². The van der Waals surface area contributed by atoms with Crippen LogP contribution >= 0.6 is 0 Å². The van der Waals surface area contributed by atoms with E-state index in [9.17, 15) is 4.79 Å². The van der Waals surface area contributed by atoms with E-state index < -0.39 is 0 Å². The molecule has 5 heteroatoms. The molecule has 0 bridgehead atoms. The number of benzene rings is 1. The number of aromatic nitrogens is 2. The van der Waals surface area contributed by atoms with Crippen molar-refractivity contribution in [2.75, 3.05) is 11.9 Å². The van der Waals surface area contributed by atoms with Gasteiger partial charge in [0.1, 0.15) is 11.5 Å². The molecule has 0 atom stereocenters. The summed E-state index contributed by atoms with van der Waals surface area (Å²) < 4.78 is 0. The summed E-state index contributed by atoms with van der Waals surface area (Å²) in [4.78, 5) is 20.6. The Morgan fingerprint density at radius 1 is 1.08 bits per heavy atom. The minimum absolute atomic E-state index is 0.120. The van der Waals surface area contributed by atoms with Gasteiger partial charge in [0.15, 0.2) is 0 Å². The number of hydrogen-bond acceptors (Lipinski definition) is 4. The molecule has 0 aliphatic heterocycles. The van der Waals surface area contributed by atoms with Crippen LogP contribution in [0.1, 0.15) is 48.2 Å². The first-order chi connectivity index (χ1) is 11.8. The lowest BCUT2D eigenvalue weighted by Gasteiger charge is -2.11. The Morgan fingerprint density at radius 2 is 1.88 bits per heavy atom. The first-order valence-electron chi connectivity index (χ1n) is 8.72. The number of rotatable bonds is 7. The van der Waals surface area contributed by atoms with Crippen LogP contribution in [0.2, 0.25) is 0 Å². The van der Waals surface area contributed by atoms with E-state index in [1.807, 2.05) is 6.07 Å². The van der Waals surface area contributed by atoms with Crippen molar-refractivity contribution in [1.29, 1.82) is 0 Å². The fourth-order valence-corrected chi connectivity index (χ4v) is 3.02. The number of anilines is 1. The number of carbonyl (C=O) groups excluding carboxylic acids is 1. The minimum atomic E-state index is -0.120. The quantitative estimate of drug-likeness (QED) is 0.768. The second kappa shape index (κ2) is 8.43. The lowest BCUT2D eigenvalue weighted by atomic mass is 10.1. The van der Waals surface area contributed by atoms with Gasteiger partial charge >= 0.3 is 0 Å². The van der Waals surface area contributed by atoms with Gasteiger partial charge in [-0.15, -0.1) is 0 Å². The van der Waals surface area contributed by atoms with Gasteiger partial charge in [-0.3, -0.25) is 4.79 Å². The molecule has 3 rings (SSSR count). The first kappa shape index (κ1) is 16.4. The van der Waals surface area contributed by atoms with Crippen molar-refractivity contribution in [1.82, 2.24) is 15.3 Å². The molecule has 5 nitrogen and oxygen atoms in total. The summed E-state index contributed by atoms with van der Waals surface area (Å²) in [6.07, 6.45) is 9.76. The number of amides is 1. The Morgan fingerprint density at radius 3 is 2.58 bits per heavy atom. The molecule has 1 fully saturated rings. The smallest absolute Gasteiger partial charge is 0.271 e. The molecule has 126 valence electrons. The molecular formula is C19H24N4O. The van der Waals surface area contributed by atoms with Gasteiger partial charge in [0.2, 0.25) is 0 Å². The molecule has 1 aromatic heterocycles. The van der Waals surface area contributed by atoms with Crippen molar-refractivity contribution in [3.05, 3.63) is 54.0 Å². The number of nitrogens with one attached hydrogen (secondary N) is 2.